The third kappa shape index (κ3) is 3.49. The van der Waals surface area contributed by atoms with Gasteiger partial charge >= 0.3 is 6.03 Å². The van der Waals surface area contributed by atoms with E-state index in [9.17, 15) is 22.4 Å². The Morgan fingerprint density at radius 2 is 1.75 bits per heavy atom. The fourth-order valence-corrected chi connectivity index (χ4v) is 3.10. The number of hydrogen-bond donors (Lipinski definition) is 0. The molecule has 0 bridgehead atoms. The molecule has 0 N–H and O–H groups in total. The van der Waals surface area contributed by atoms with Crippen LogP contribution < -0.4 is 4.74 Å². The van der Waals surface area contributed by atoms with Crippen molar-refractivity contribution in [1.82, 2.24) is 14.9 Å². The monoisotopic (exact) mass is 394 g/mol. The molecule has 0 aliphatic carbocycles. The molecule has 6 nitrogen and oxygen atoms in total. The van der Waals surface area contributed by atoms with Gasteiger partial charge in [-0.1, -0.05) is 0 Å². The lowest BCUT2D eigenvalue weighted by molar-refractivity contribution is 0.0229. The van der Waals surface area contributed by atoms with Gasteiger partial charge in [0, 0.05) is 24.8 Å². The molecule has 4 rings (SSSR count). The number of benzene rings is 1. The number of halogens is 4. The highest BCUT2D eigenvalue weighted by Crippen LogP contribution is 2.31. The number of hydrogen-bond acceptors (Lipinski definition) is 4. The van der Waals surface area contributed by atoms with Gasteiger partial charge in [-0.2, -0.15) is 5.10 Å². The molecule has 1 fully saturated rings. The Kier molecular flexibility index (Phi) is 4.62. The molecule has 0 unspecified atom stereocenters. The molecular formula is C18H14F4N4O2. The molecule has 1 aromatic heterocycles. The fourth-order valence-electron chi connectivity index (χ4n) is 3.10. The van der Waals surface area contributed by atoms with Crippen LogP contribution in [0.4, 0.5) is 22.4 Å². The van der Waals surface area contributed by atoms with Crippen molar-refractivity contribution in [3.05, 3.63) is 59.3 Å². The summed E-state index contributed by atoms with van der Waals surface area (Å²) in [7, 11) is 0. The van der Waals surface area contributed by atoms with Gasteiger partial charge in [-0.25, -0.2) is 32.3 Å². The van der Waals surface area contributed by atoms with Crippen LogP contribution in [-0.4, -0.2) is 46.3 Å². The number of likely N-dealkylation sites (tertiary alicyclic amines) is 1. The van der Waals surface area contributed by atoms with Gasteiger partial charge in [0.25, 0.3) is 5.88 Å². The Bertz CT molecular complexity index is 929. The van der Waals surface area contributed by atoms with Crippen LogP contribution in [0.25, 0.3) is 0 Å². The van der Waals surface area contributed by atoms with Gasteiger partial charge in [0.2, 0.25) is 0 Å². The minimum Gasteiger partial charge on any atom is -0.468 e. The van der Waals surface area contributed by atoms with Crippen LogP contribution in [0, 0.1) is 23.3 Å². The van der Waals surface area contributed by atoms with Gasteiger partial charge in [0.15, 0.2) is 5.82 Å². The summed E-state index contributed by atoms with van der Waals surface area (Å²) in [6.07, 6.45) is 2.15. The van der Waals surface area contributed by atoms with E-state index < -0.39 is 41.4 Å². The second kappa shape index (κ2) is 7.10. The van der Waals surface area contributed by atoms with E-state index in [0.29, 0.717) is 18.1 Å². The number of amides is 2. The topological polar surface area (TPSA) is 58.0 Å². The molecule has 1 saturated heterocycles. The Labute approximate surface area is 157 Å². The quantitative estimate of drug-likeness (QED) is 0.751. The summed E-state index contributed by atoms with van der Waals surface area (Å²) in [5.41, 5.74) is 0.300. The Balaban J connectivity index is 1.39. The summed E-state index contributed by atoms with van der Waals surface area (Å²) in [4.78, 5) is 17.6. The minimum absolute atomic E-state index is 0.146. The van der Waals surface area contributed by atoms with E-state index in [1.807, 2.05) is 0 Å². The highest BCUT2D eigenvalue weighted by atomic mass is 19.1. The molecule has 2 aliphatic heterocycles. The van der Waals surface area contributed by atoms with Crippen molar-refractivity contribution < 1.29 is 27.1 Å². The first-order chi connectivity index (χ1) is 13.4. The van der Waals surface area contributed by atoms with Crippen LogP contribution >= 0.6 is 0 Å². The summed E-state index contributed by atoms with van der Waals surface area (Å²) >= 11 is 0. The Morgan fingerprint density at radius 3 is 2.43 bits per heavy atom. The molecule has 28 heavy (non-hydrogen) atoms. The summed E-state index contributed by atoms with van der Waals surface area (Å²) in [5, 5.41) is 5.16. The zero-order valence-corrected chi connectivity index (χ0v) is 14.4. The zero-order chi connectivity index (χ0) is 19.8. The molecule has 146 valence electrons. The molecule has 3 heterocycles. The van der Waals surface area contributed by atoms with Crippen molar-refractivity contribution in [2.75, 3.05) is 13.1 Å². The Hall–Kier alpha value is -3.17. The maximum atomic E-state index is 13.6. The molecule has 0 saturated carbocycles. The molecule has 1 aromatic carbocycles. The highest BCUT2D eigenvalue weighted by molar-refractivity contribution is 5.79. The first kappa shape index (κ1) is 18.2. The van der Waals surface area contributed by atoms with Gasteiger partial charge in [-0.3, -0.25) is 0 Å². The first-order valence-electron chi connectivity index (χ1n) is 8.45. The third-order valence-electron chi connectivity index (χ3n) is 4.47. The van der Waals surface area contributed by atoms with Crippen molar-refractivity contribution in [3.8, 4) is 5.88 Å². The molecule has 2 amide bonds. The number of rotatable bonds is 3. The molecule has 0 radical (unpaired) electrons. The third-order valence-corrected chi connectivity index (χ3v) is 4.47. The van der Waals surface area contributed by atoms with Crippen LogP contribution in [0.2, 0.25) is 0 Å². The van der Waals surface area contributed by atoms with Crippen LogP contribution in [0.15, 0.2) is 35.6 Å². The van der Waals surface area contributed by atoms with E-state index in [4.69, 9.17) is 4.74 Å². The normalized spacial score (nSPS) is 19.1. The average Bonchev–Trinajstić information content (AvgIpc) is 3.07. The van der Waals surface area contributed by atoms with Gasteiger partial charge in [0.1, 0.15) is 23.6 Å². The SMILES string of the molecule is O=C(N1CC(Oc2ncc(F)cc2F)C1)N1N=CC[C@H]1c1cc(F)cc(F)c1. The van der Waals surface area contributed by atoms with E-state index in [0.717, 1.165) is 29.4 Å². The summed E-state index contributed by atoms with van der Waals surface area (Å²) in [5.74, 6) is -3.56. The van der Waals surface area contributed by atoms with Crippen LogP contribution in [-0.2, 0) is 0 Å². The number of nitrogens with zero attached hydrogens (tertiary/aromatic N) is 4. The lowest BCUT2D eigenvalue weighted by atomic mass is 10.0. The average molecular weight is 394 g/mol. The predicted octanol–water partition coefficient (Wildman–Crippen LogP) is 3.25. The van der Waals surface area contributed by atoms with Gasteiger partial charge in [-0.15, -0.1) is 0 Å². The van der Waals surface area contributed by atoms with Crippen molar-refractivity contribution in [3.63, 3.8) is 0 Å². The van der Waals surface area contributed by atoms with E-state index >= 15 is 0 Å². The maximum absolute atomic E-state index is 13.6. The highest BCUT2D eigenvalue weighted by Gasteiger charge is 2.39. The lowest BCUT2D eigenvalue weighted by Gasteiger charge is -2.40. The standard InChI is InChI=1S/C18H14F4N4O2/c19-11-3-10(4-12(20)5-11)16-1-2-24-26(16)18(27)25-8-14(9-25)28-17-15(22)6-13(21)7-23-17/h2-7,14,16H,1,8-9H2/t16-/m0/s1. The first-order valence-corrected chi connectivity index (χ1v) is 8.45. The number of carbonyl (C=O) groups excluding carboxylic acids is 1. The molecular weight excluding hydrogens is 380 g/mol. The summed E-state index contributed by atoms with van der Waals surface area (Å²) < 4.78 is 58.8. The largest absolute Gasteiger partial charge is 0.468 e. The number of hydrazone groups is 1. The smallest absolute Gasteiger partial charge is 0.341 e. The molecule has 2 aromatic rings. The van der Waals surface area contributed by atoms with E-state index in [2.05, 4.69) is 10.1 Å². The second-order valence-corrected chi connectivity index (χ2v) is 6.46. The fraction of sp³-hybridized carbons (Fsp3) is 0.278. The number of carbonyl (C=O) groups is 1. The van der Waals surface area contributed by atoms with Crippen molar-refractivity contribution in [2.24, 2.45) is 5.10 Å². The van der Waals surface area contributed by atoms with Crippen LogP contribution in [0.5, 0.6) is 5.88 Å². The van der Waals surface area contributed by atoms with Gasteiger partial charge < -0.3 is 9.64 Å². The Morgan fingerprint density at radius 1 is 1.04 bits per heavy atom. The van der Waals surface area contributed by atoms with Gasteiger partial charge in [-0.05, 0) is 17.7 Å². The van der Waals surface area contributed by atoms with Crippen LogP contribution in [0.3, 0.4) is 0 Å². The number of ether oxygens (including phenoxy) is 1. The second-order valence-electron chi connectivity index (χ2n) is 6.46. The lowest BCUT2D eigenvalue weighted by Crippen LogP contribution is -2.59. The van der Waals surface area contributed by atoms with Crippen molar-refractivity contribution in [2.45, 2.75) is 18.6 Å². The predicted molar refractivity (Wildman–Crippen MR) is 89.6 cm³/mol. The summed E-state index contributed by atoms with van der Waals surface area (Å²) in [6.45, 7) is 0.293. The van der Waals surface area contributed by atoms with E-state index in [1.165, 1.54) is 11.1 Å². The number of aromatic nitrogens is 1. The van der Waals surface area contributed by atoms with Gasteiger partial charge in [0.05, 0.1) is 25.3 Å². The van der Waals surface area contributed by atoms with Crippen LogP contribution in [0.1, 0.15) is 18.0 Å². The number of urea groups is 1. The van der Waals surface area contributed by atoms with E-state index in [-0.39, 0.29) is 19.0 Å². The van der Waals surface area contributed by atoms with Crippen molar-refractivity contribution in [1.29, 1.82) is 0 Å². The molecule has 2 aliphatic rings. The molecule has 0 spiro atoms. The minimum atomic E-state index is -0.929. The molecule has 10 heteroatoms. The maximum Gasteiger partial charge on any atom is 0.341 e. The van der Waals surface area contributed by atoms with Crippen molar-refractivity contribution >= 4 is 12.2 Å². The molecule has 1 atom stereocenters. The van der Waals surface area contributed by atoms with E-state index in [1.54, 1.807) is 0 Å². The summed E-state index contributed by atoms with van der Waals surface area (Å²) in [6, 6.07) is 2.66. The number of pyridine rings is 1. The zero-order valence-electron chi connectivity index (χ0n) is 14.4.